The molecule has 0 aliphatic carbocycles. The molecule has 0 bridgehead atoms. The standard InChI is InChI=1S/C20H20N4O4.ClH/c1-28-18(26)11-4-13-2-7-15(8-3-13)23-12-17(25)24(20(23)27)16-9-5-14(6-10-16)19(21)22;/h2-3,5-10H,4,11-12H2,1H3,(H3,21,22);1H. The van der Waals surface area contributed by atoms with Crippen molar-refractivity contribution >= 4 is 47.5 Å². The van der Waals surface area contributed by atoms with Crippen molar-refractivity contribution < 1.29 is 19.1 Å². The molecule has 2 aromatic rings. The number of nitrogen functional groups attached to an aromatic ring is 1. The van der Waals surface area contributed by atoms with Crippen LogP contribution >= 0.6 is 12.4 Å². The Labute approximate surface area is 174 Å². The predicted octanol–water partition coefficient (Wildman–Crippen LogP) is 2.47. The molecule has 0 spiro atoms. The van der Waals surface area contributed by atoms with Gasteiger partial charge in [-0.2, -0.15) is 0 Å². The van der Waals surface area contributed by atoms with Crippen molar-refractivity contribution in [1.29, 1.82) is 5.41 Å². The van der Waals surface area contributed by atoms with Crippen molar-refractivity contribution in [1.82, 2.24) is 0 Å². The number of nitrogens with two attached hydrogens (primary N) is 1. The summed E-state index contributed by atoms with van der Waals surface area (Å²) in [5, 5.41) is 7.42. The highest BCUT2D eigenvalue weighted by Crippen LogP contribution is 2.26. The van der Waals surface area contributed by atoms with Crippen LogP contribution in [0.3, 0.4) is 0 Å². The second-order valence-corrected chi connectivity index (χ2v) is 6.30. The van der Waals surface area contributed by atoms with Crippen molar-refractivity contribution in [3.63, 3.8) is 0 Å². The molecule has 29 heavy (non-hydrogen) atoms. The largest absolute Gasteiger partial charge is 0.469 e. The van der Waals surface area contributed by atoms with Crippen LogP contribution in [0.15, 0.2) is 48.5 Å². The number of rotatable bonds is 6. The molecule has 0 radical (unpaired) electrons. The van der Waals surface area contributed by atoms with Crippen LogP contribution in [0.5, 0.6) is 0 Å². The van der Waals surface area contributed by atoms with E-state index in [4.69, 9.17) is 11.1 Å². The summed E-state index contributed by atoms with van der Waals surface area (Å²) in [4.78, 5) is 38.9. The van der Waals surface area contributed by atoms with Crippen LogP contribution in [0.25, 0.3) is 0 Å². The molecular formula is C20H21ClN4O4. The van der Waals surface area contributed by atoms with Gasteiger partial charge in [-0.3, -0.25) is 19.9 Å². The summed E-state index contributed by atoms with van der Waals surface area (Å²) in [5.41, 5.74) is 7.91. The minimum absolute atomic E-state index is 0. The SMILES string of the molecule is COC(=O)CCc1ccc(N2CC(=O)N(c3ccc(C(=N)N)cc3)C2=O)cc1.Cl. The zero-order chi connectivity index (χ0) is 20.3. The number of urea groups is 1. The molecule has 1 fully saturated rings. The molecule has 0 aromatic heterocycles. The molecule has 0 unspecified atom stereocenters. The maximum absolute atomic E-state index is 12.8. The van der Waals surface area contributed by atoms with Crippen LogP contribution in [0, 0.1) is 5.41 Å². The molecule has 9 heteroatoms. The molecule has 0 saturated carbocycles. The minimum Gasteiger partial charge on any atom is -0.469 e. The van der Waals surface area contributed by atoms with E-state index in [1.54, 1.807) is 36.4 Å². The number of aryl methyl sites for hydroxylation is 1. The monoisotopic (exact) mass is 416 g/mol. The van der Waals surface area contributed by atoms with Crippen LogP contribution in [-0.2, 0) is 20.7 Å². The highest BCUT2D eigenvalue weighted by Gasteiger charge is 2.37. The Hall–Kier alpha value is -3.39. The van der Waals surface area contributed by atoms with E-state index in [1.807, 2.05) is 12.1 Å². The molecule has 1 saturated heterocycles. The molecule has 0 atom stereocenters. The number of halogens is 1. The van der Waals surface area contributed by atoms with Crippen molar-refractivity contribution in [2.24, 2.45) is 5.73 Å². The average Bonchev–Trinajstić information content (AvgIpc) is 3.00. The number of amides is 3. The number of carbonyl (C=O) groups is 3. The number of carbonyl (C=O) groups excluding carboxylic acids is 3. The highest BCUT2D eigenvalue weighted by molar-refractivity contribution is 6.27. The first-order valence-electron chi connectivity index (χ1n) is 8.65. The summed E-state index contributed by atoms with van der Waals surface area (Å²) in [6.45, 7) is -0.0607. The fourth-order valence-electron chi connectivity index (χ4n) is 2.94. The van der Waals surface area contributed by atoms with E-state index in [-0.39, 0.29) is 43.1 Å². The van der Waals surface area contributed by atoms with Gasteiger partial charge in [-0.15, -0.1) is 12.4 Å². The van der Waals surface area contributed by atoms with E-state index < -0.39 is 6.03 Å². The molecular weight excluding hydrogens is 396 g/mol. The Morgan fingerprint density at radius 1 is 1.07 bits per heavy atom. The van der Waals surface area contributed by atoms with Gasteiger partial charge in [0, 0.05) is 17.7 Å². The van der Waals surface area contributed by atoms with E-state index in [1.165, 1.54) is 12.0 Å². The van der Waals surface area contributed by atoms with E-state index in [0.29, 0.717) is 23.4 Å². The summed E-state index contributed by atoms with van der Waals surface area (Å²) >= 11 is 0. The Morgan fingerprint density at radius 3 is 2.21 bits per heavy atom. The molecule has 1 aliphatic heterocycles. The van der Waals surface area contributed by atoms with Crippen molar-refractivity contribution in [2.45, 2.75) is 12.8 Å². The normalized spacial score (nSPS) is 13.3. The maximum atomic E-state index is 12.8. The second kappa shape index (κ2) is 9.20. The lowest BCUT2D eigenvalue weighted by Gasteiger charge is -2.17. The first kappa shape index (κ1) is 21.9. The number of imide groups is 1. The summed E-state index contributed by atoms with van der Waals surface area (Å²) in [5.74, 6) is -0.703. The number of hydrogen-bond donors (Lipinski definition) is 2. The zero-order valence-electron chi connectivity index (χ0n) is 15.8. The first-order valence-corrected chi connectivity index (χ1v) is 8.65. The molecule has 8 nitrogen and oxygen atoms in total. The van der Waals surface area contributed by atoms with E-state index in [0.717, 1.165) is 10.5 Å². The van der Waals surface area contributed by atoms with Gasteiger partial charge in [-0.05, 0) is 48.4 Å². The number of esters is 1. The Bertz CT molecular complexity index is 929. The van der Waals surface area contributed by atoms with E-state index in [9.17, 15) is 14.4 Å². The summed E-state index contributed by atoms with van der Waals surface area (Å²) in [6, 6.07) is 13.1. The number of anilines is 2. The van der Waals surface area contributed by atoms with Gasteiger partial charge < -0.3 is 10.5 Å². The van der Waals surface area contributed by atoms with Crippen LogP contribution in [0.2, 0.25) is 0 Å². The molecule has 3 N–H and O–H groups in total. The number of methoxy groups -OCH3 is 1. The number of nitrogens with one attached hydrogen (secondary N) is 1. The molecule has 3 amide bonds. The van der Waals surface area contributed by atoms with E-state index >= 15 is 0 Å². The van der Waals surface area contributed by atoms with Gasteiger partial charge in [-0.1, -0.05) is 12.1 Å². The Balaban J connectivity index is 0.00000300. The van der Waals surface area contributed by atoms with Gasteiger partial charge in [0.05, 0.1) is 12.8 Å². The number of hydrogen-bond acceptors (Lipinski definition) is 5. The van der Waals surface area contributed by atoms with Crippen LogP contribution < -0.4 is 15.5 Å². The van der Waals surface area contributed by atoms with E-state index in [2.05, 4.69) is 4.74 Å². The maximum Gasteiger partial charge on any atom is 0.336 e. The van der Waals surface area contributed by atoms with Crippen molar-refractivity contribution in [3.05, 3.63) is 59.7 Å². The van der Waals surface area contributed by atoms with Crippen LogP contribution in [0.4, 0.5) is 16.2 Å². The Kier molecular flexibility index (Phi) is 6.95. The number of ether oxygens (including phenoxy) is 1. The lowest BCUT2D eigenvalue weighted by molar-refractivity contribution is -0.140. The topological polar surface area (TPSA) is 117 Å². The van der Waals surface area contributed by atoms with Crippen LogP contribution in [0.1, 0.15) is 17.5 Å². The molecule has 3 rings (SSSR count). The number of nitrogens with zero attached hydrogens (tertiary/aromatic N) is 2. The molecule has 2 aromatic carbocycles. The first-order chi connectivity index (χ1) is 13.4. The number of benzene rings is 2. The molecule has 1 aliphatic rings. The quantitative estimate of drug-likeness (QED) is 0.324. The summed E-state index contributed by atoms with van der Waals surface area (Å²) < 4.78 is 4.62. The van der Waals surface area contributed by atoms with Gasteiger partial charge in [0.15, 0.2) is 0 Å². The van der Waals surface area contributed by atoms with Gasteiger partial charge in [0.1, 0.15) is 12.4 Å². The zero-order valence-corrected chi connectivity index (χ0v) is 16.6. The lowest BCUT2D eigenvalue weighted by Crippen LogP contribution is -2.33. The lowest BCUT2D eigenvalue weighted by atomic mass is 10.1. The third kappa shape index (κ3) is 4.72. The third-order valence-electron chi connectivity index (χ3n) is 4.49. The Morgan fingerprint density at radius 2 is 1.66 bits per heavy atom. The molecule has 1 heterocycles. The third-order valence-corrected chi connectivity index (χ3v) is 4.49. The fraction of sp³-hybridized carbons (Fsp3) is 0.200. The van der Waals surface area contributed by atoms with Crippen molar-refractivity contribution in [3.8, 4) is 0 Å². The van der Waals surface area contributed by atoms with Crippen molar-refractivity contribution in [2.75, 3.05) is 23.5 Å². The highest BCUT2D eigenvalue weighted by atomic mass is 35.5. The molecule has 152 valence electrons. The average molecular weight is 417 g/mol. The smallest absolute Gasteiger partial charge is 0.336 e. The predicted molar refractivity (Wildman–Crippen MR) is 112 cm³/mol. The fourth-order valence-corrected chi connectivity index (χ4v) is 2.94. The van der Waals surface area contributed by atoms with Gasteiger partial charge in [0.2, 0.25) is 0 Å². The minimum atomic E-state index is -0.442. The van der Waals surface area contributed by atoms with Gasteiger partial charge >= 0.3 is 12.0 Å². The van der Waals surface area contributed by atoms with Gasteiger partial charge in [-0.25, -0.2) is 9.69 Å². The second-order valence-electron chi connectivity index (χ2n) is 6.30. The summed E-state index contributed by atoms with van der Waals surface area (Å²) in [6.07, 6.45) is 0.815. The number of amidine groups is 1. The summed E-state index contributed by atoms with van der Waals surface area (Å²) in [7, 11) is 1.35. The van der Waals surface area contributed by atoms with Crippen LogP contribution in [-0.4, -0.2) is 37.4 Å². The van der Waals surface area contributed by atoms with Gasteiger partial charge in [0.25, 0.3) is 5.91 Å².